The molecule has 0 spiro atoms. The third-order valence-corrected chi connectivity index (χ3v) is 4.87. The molecule has 0 radical (unpaired) electrons. The molecule has 1 fully saturated rings. The van der Waals surface area contributed by atoms with E-state index in [0.717, 1.165) is 10.5 Å². The third kappa shape index (κ3) is 2.62. The topological polar surface area (TPSA) is 129 Å². The molecule has 0 saturated carbocycles. The second-order valence-corrected chi connectivity index (χ2v) is 6.12. The van der Waals surface area contributed by atoms with Crippen LogP contribution in [0.15, 0.2) is 23.2 Å². The van der Waals surface area contributed by atoms with Crippen LogP contribution < -0.4 is 11.1 Å². The van der Waals surface area contributed by atoms with Crippen LogP contribution in [0.4, 0.5) is 0 Å². The van der Waals surface area contributed by atoms with Crippen molar-refractivity contribution < 1.29 is 13.2 Å². The monoisotopic (exact) mass is 295 g/mol. The van der Waals surface area contributed by atoms with Gasteiger partial charge in [0.2, 0.25) is 15.9 Å². The summed E-state index contributed by atoms with van der Waals surface area (Å²) >= 11 is 0. The fourth-order valence-corrected chi connectivity index (χ4v) is 3.49. The summed E-state index contributed by atoms with van der Waals surface area (Å²) in [4.78, 5) is 15.0. The van der Waals surface area contributed by atoms with E-state index in [0.29, 0.717) is 6.54 Å². The molecule has 1 aromatic heterocycles. The molecule has 1 aliphatic heterocycles. The highest BCUT2D eigenvalue weighted by Crippen LogP contribution is 2.18. The largest absolute Gasteiger partial charge is 0.368 e. The van der Waals surface area contributed by atoms with Gasteiger partial charge < -0.3 is 11.1 Å². The van der Waals surface area contributed by atoms with Crippen molar-refractivity contribution in [3.63, 3.8) is 0 Å². The van der Waals surface area contributed by atoms with Gasteiger partial charge in [0.25, 0.3) is 0 Å². The third-order valence-electron chi connectivity index (χ3n) is 2.98. The standard InChI is InChI=1S/C11H13N5O3S/c12-5-8-1-2-9(6-15-8)20(18,19)16-4-3-14-7-10(16)11(13)17/h1-2,6,10,14H,3-4,7H2,(H2,13,17). The number of nitrogens with zero attached hydrogens (tertiary/aromatic N) is 3. The van der Waals surface area contributed by atoms with Crippen LogP contribution in [0.1, 0.15) is 5.69 Å². The number of rotatable bonds is 3. The predicted octanol–water partition coefficient (Wildman–Crippen LogP) is -1.60. The maximum atomic E-state index is 12.5. The zero-order chi connectivity index (χ0) is 14.8. The molecule has 1 aliphatic rings. The molecule has 0 aliphatic carbocycles. The summed E-state index contributed by atoms with van der Waals surface area (Å²) in [6, 6.07) is 3.49. The predicted molar refractivity (Wildman–Crippen MR) is 68.7 cm³/mol. The van der Waals surface area contributed by atoms with E-state index in [1.807, 2.05) is 6.07 Å². The summed E-state index contributed by atoms with van der Waals surface area (Å²) in [5, 5.41) is 11.6. The number of hydrogen-bond donors (Lipinski definition) is 2. The van der Waals surface area contributed by atoms with Crippen molar-refractivity contribution in [2.75, 3.05) is 19.6 Å². The Morgan fingerprint density at radius 2 is 2.30 bits per heavy atom. The van der Waals surface area contributed by atoms with Crippen LogP contribution >= 0.6 is 0 Å². The molecular weight excluding hydrogens is 282 g/mol. The number of nitriles is 1. The quantitative estimate of drug-likeness (QED) is 0.691. The summed E-state index contributed by atoms with van der Waals surface area (Å²) < 4.78 is 26.0. The summed E-state index contributed by atoms with van der Waals surface area (Å²) in [5.41, 5.74) is 5.36. The molecule has 8 nitrogen and oxygen atoms in total. The lowest BCUT2D eigenvalue weighted by Gasteiger charge is -2.32. The minimum absolute atomic E-state index is 0.0651. The average Bonchev–Trinajstić information content (AvgIpc) is 2.47. The van der Waals surface area contributed by atoms with Crippen LogP contribution in [0.3, 0.4) is 0 Å². The van der Waals surface area contributed by atoms with E-state index >= 15 is 0 Å². The number of piperazine rings is 1. The van der Waals surface area contributed by atoms with E-state index in [9.17, 15) is 13.2 Å². The first-order valence-electron chi connectivity index (χ1n) is 5.85. The maximum Gasteiger partial charge on any atom is 0.245 e. The normalized spacial score (nSPS) is 20.2. The van der Waals surface area contributed by atoms with Crippen LogP contribution in [0, 0.1) is 11.3 Å². The van der Waals surface area contributed by atoms with E-state index in [4.69, 9.17) is 11.0 Å². The van der Waals surface area contributed by atoms with Crippen molar-refractivity contribution in [3.05, 3.63) is 24.0 Å². The van der Waals surface area contributed by atoms with E-state index in [1.54, 1.807) is 0 Å². The molecule has 1 saturated heterocycles. The number of pyridine rings is 1. The SMILES string of the molecule is N#Cc1ccc(S(=O)(=O)N2CCNCC2C(N)=O)cn1. The highest BCUT2D eigenvalue weighted by molar-refractivity contribution is 7.89. The van der Waals surface area contributed by atoms with Gasteiger partial charge in [-0.05, 0) is 12.1 Å². The Morgan fingerprint density at radius 1 is 1.55 bits per heavy atom. The van der Waals surface area contributed by atoms with Crippen molar-refractivity contribution in [1.29, 1.82) is 5.26 Å². The first-order valence-corrected chi connectivity index (χ1v) is 7.29. The molecule has 1 atom stereocenters. The van der Waals surface area contributed by atoms with Gasteiger partial charge in [-0.1, -0.05) is 0 Å². The number of carbonyl (C=O) groups is 1. The molecule has 3 N–H and O–H groups in total. The lowest BCUT2D eigenvalue weighted by atomic mass is 10.2. The summed E-state index contributed by atoms with van der Waals surface area (Å²) in [7, 11) is -3.86. The van der Waals surface area contributed by atoms with E-state index in [-0.39, 0.29) is 23.7 Å². The van der Waals surface area contributed by atoms with Crippen LogP contribution in [0.25, 0.3) is 0 Å². The zero-order valence-electron chi connectivity index (χ0n) is 10.5. The van der Waals surface area contributed by atoms with Crippen LogP contribution in [0.2, 0.25) is 0 Å². The molecule has 9 heteroatoms. The zero-order valence-corrected chi connectivity index (χ0v) is 11.3. The number of primary amides is 1. The molecule has 1 amide bonds. The molecule has 0 bridgehead atoms. The van der Waals surface area contributed by atoms with Gasteiger partial charge in [0.05, 0.1) is 0 Å². The minimum atomic E-state index is -3.86. The van der Waals surface area contributed by atoms with Gasteiger partial charge in [0, 0.05) is 25.8 Å². The highest BCUT2D eigenvalue weighted by atomic mass is 32.2. The number of nitrogens with one attached hydrogen (secondary N) is 1. The Hall–Kier alpha value is -2.02. The molecule has 2 heterocycles. The van der Waals surface area contributed by atoms with E-state index < -0.39 is 22.0 Å². The number of aromatic nitrogens is 1. The van der Waals surface area contributed by atoms with Gasteiger partial charge in [-0.25, -0.2) is 13.4 Å². The maximum absolute atomic E-state index is 12.5. The van der Waals surface area contributed by atoms with Gasteiger partial charge in [-0.15, -0.1) is 0 Å². The first-order chi connectivity index (χ1) is 9.46. The first kappa shape index (κ1) is 14.4. The van der Waals surface area contributed by atoms with Crippen molar-refractivity contribution in [2.24, 2.45) is 5.73 Å². The number of hydrogen-bond acceptors (Lipinski definition) is 6. The molecule has 1 unspecified atom stereocenters. The second kappa shape index (κ2) is 5.54. The van der Waals surface area contributed by atoms with Gasteiger partial charge in [-0.3, -0.25) is 4.79 Å². The lowest BCUT2D eigenvalue weighted by Crippen LogP contribution is -2.58. The number of sulfonamides is 1. The van der Waals surface area contributed by atoms with Gasteiger partial charge in [0.1, 0.15) is 22.7 Å². The van der Waals surface area contributed by atoms with Gasteiger partial charge in [-0.2, -0.15) is 9.57 Å². The fourth-order valence-electron chi connectivity index (χ4n) is 1.95. The van der Waals surface area contributed by atoms with Crippen LogP contribution in [-0.2, 0) is 14.8 Å². The van der Waals surface area contributed by atoms with Crippen LogP contribution in [0.5, 0.6) is 0 Å². The Bertz CT molecular complexity index is 650. The summed E-state index contributed by atoms with van der Waals surface area (Å²) in [5.74, 6) is -0.706. The van der Waals surface area contributed by atoms with Crippen molar-refractivity contribution >= 4 is 15.9 Å². The highest BCUT2D eigenvalue weighted by Gasteiger charge is 2.36. The van der Waals surface area contributed by atoms with Crippen molar-refractivity contribution in [1.82, 2.24) is 14.6 Å². The molecule has 0 aromatic carbocycles. The fraction of sp³-hybridized carbons (Fsp3) is 0.364. The Balaban J connectivity index is 2.37. The smallest absolute Gasteiger partial charge is 0.245 e. The Kier molecular flexibility index (Phi) is 3.99. The number of nitrogens with two attached hydrogens (primary N) is 1. The lowest BCUT2D eigenvalue weighted by molar-refractivity contribution is -0.122. The summed E-state index contributed by atoms with van der Waals surface area (Å²) in [6.07, 6.45) is 1.11. The Morgan fingerprint density at radius 3 is 2.85 bits per heavy atom. The van der Waals surface area contributed by atoms with Crippen molar-refractivity contribution in [2.45, 2.75) is 10.9 Å². The molecular formula is C11H13N5O3S. The Labute approximate surface area is 116 Å². The van der Waals surface area contributed by atoms with Crippen LogP contribution in [-0.4, -0.2) is 49.3 Å². The molecule has 106 valence electrons. The average molecular weight is 295 g/mol. The van der Waals surface area contributed by atoms with Gasteiger partial charge in [0.15, 0.2) is 0 Å². The van der Waals surface area contributed by atoms with E-state index in [1.165, 1.54) is 12.1 Å². The molecule has 2 rings (SSSR count). The molecule has 1 aromatic rings. The van der Waals surface area contributed by atoms with E-state index in [2.05, 4.69) is 10.3 Å². The summed E-state index contributed by atoms with van der Waals surface area (Å²) in [6.45, 7) is 0.765. The second-order valence-electron chi connectivity index (χ2n) is 4.23. The number of amides is 1. The van der Waals surface area contributed by atoms with Gasteiger partial charge >= 0.3 is 0 Å². The molecule has 20 heavy (non-hydrogen) atoms. The number of carbonyl (C=O) groups excluding carboxylic acids is 1. The van der Waals surface area contributed by atoms with Crippen molar-refractivity contribution in [3.8, 4) is 6.07 Å². The minimum Gasteiger partial charge on any atom is -0.368 e.